The van der Waals surface area contributed by atoms with Crippen molar-refractivity contribution in [3.05, 3.63) is 29.8 Å². The normalized spacial score (nSPS) is 13.7. The lowest BCUT2D eigenvalue weighted by molar-refractivity contribution is -0.156. The van der Waals surface area contributed by atoms with Crippen LogP contribution in [0.3, 0.4) is 0 Å². The first-order chi connectivity index (χ1) is 8.98. The molecule has 0 aliphatic carbocycles. The van der Waals surface area contributed by atoms with Crippen molar-refractivity contribution in [2.24, 2.45) is 0 Å². The summed E-state index contributed by atoms with van der Waals surface area (Å²) in [5.74, 6) is -0.688. The van der Waals surface area contributed by atoms with Crippen molar-refractivity contribution in [1.82, 2.24) is 0 Å². The summed E-state index contributed by atoms with van der Waals surface area (Å²) in [6, 6.07) is 6.41. The number of hydrogen-bond donors (Lipinski definition) is 0. The van der Waals surface area contributed by atoms with Crippen molar-refractivity contribution in [2.45, 2.75) is 39.2 Å². The van der Waals surface area contributed by atoms with E-state index in [1.807, 2.05) is 0 Å². The second-order valence-corrected chi connectivity index (χ2v) is 7.19. The van der Waals surface area contributed by atoms with Crippen molar-refractivity contribution in [3.8, 4) is 5.75 Å². The first kappa shape index (κ1) is 16.5. The van der Waals surface area contributed by atoms with Gasteiger partial charge in [-0.15, -0.1) is 0 Å². The zero-order valence-electron chi connectivity index (χ0n) is 12.3. The molecule has 1 rings (SSSR count). The van der Waals surface area contributed by atoms with Crippen LogP contribution in [0, 0.1) is 0 Å². The summed E-state index contributed by atoms with van der Waals surface area (Å²) in [6.45, 7) is 7.08. The first-order valence-corrected chi connectivity index (χ1v) is 8.02. The number of ether oxygens (including phenoxy) is 1. The van der Waals surface area contributed by atoms with E-state index in [2.05, 4.69) is 0 Å². The Morgan fingerprint density at radius 3 is 2.35 bits per heavy atom. The zero-order chi connectivity index (χ0) is 15.6. The number of esters is 1. The summed E-state index contributed by atoms with van der Waals surface area (Å²) < 4.78 is 32.3. The molecule has 1 aromatic rings. The Balaban J connectivity index is 2.91. The molecule has 20 heavy (non-hydrogen) atoms. The molecule has 0 saturated carbocycles. The smallest absolute Gasteiger partial charge is 0.313 e. The predicted octanol–water partition coefficient (Wildman–Crippen LogP) is 2.47. The molecule has 0 heterocycles. The van der Waals surface area contributed by atoms with Crippen molar-refractivity contribution >= 4 is 16.1 Å². The fraction of sp³-hybridized carbons (Fsp3) is 0.500. The summed E-state index contributed by atoms with van der Waals surface area (Å²) in [5.41, 5.74) is 0.0760. The van der Waals surface area contributed by atoms with Crippen LogP contribution < -0.4 is 4.18 Å². The van der Waals surface area contributed by atoms with Crippen LogP contribution in [0.5, 0.6) is 5.75 Å². The van der Waals surface area contributed by atoms with Crippen LogP contribution in [-0.2, 0) is 19.6 Å². The third kappa shape index (κ3) is 5.61. The van der Waals surface area contributed by atoms with E-state index in [1.165, 1.54) is 12.1 Å². The van der Waals surface area contributed by atoms with Gasteiger partial charge in [-0.05, 0) is 45.4 Å². The molecule has 0 aliphatic heterocycles. The predicted molar refractivity (Wildman–Crippen MR) is 76.2 cm³/mol. The number of rotatable bonds is 4. The van der Waals surface area contributed by atoms with Crippen LogP contribution in [0.1, 0.15) is 39.2 Å². The highest BCUT2D eigenvalue weighted by molar-refractivity contribution is 7.86. The number of benzene rings is 1. The molecular weight excluding hydrogens is 280 g/mol. The van der Waals surface area contributed by atoms with Gasteiger partial charge in [-0.2, -0.15) is 8.42 Å². The maximum atomic E-state index is 12.0. The Bertz CT molecular complexity index is 584. The molecule has 0 bridgehead atoms. The van der Waals surface area contributed by atoms with Crippen LogP contribution in [-0.4, -0.2) is 26.2 Å². The van der Waals surface area contributed by atoms with Crippen molar-refractivity contribution in [2.75, 3.05) is 6.26 Å². The maximum Gasteiger partial charge on any atom is 0.313 e. The maximum absolute atomic E-state index is 12.0. The second kappa shape index (κ2) is 5.83. The van der Waals surface area contributed by atoms with Gasteiger partial charge in [-0.25, -0.2) is 0 Å². The van der Waals surface area contributed by atoms with Gasteiger partial charge in [0.1, 0.15) is 11.4 Å². The van der Waals surface area contributed by atoms with Gasteiger partial charge in [0.25, 0.3) is 0 Å². The number of carbonyl (C=O) groups excluding carboxylic acids is 1. The van der Waals surface area contributed by atoms with Gasteiger partial charge in [0, 0.05) is 0 Å². The Labute approximate surface area is 120 Å². The average molecular weight is 300 g/mol. The molecule has 0 fully saturated rings. The van der Waals surface area contributed by atoms with E-state index >= 15 is 0 Å². The lowest BCUT2D eigenvalue weighted by Crippen LogP contribution is -2.26. The lowest BCUT2D eigenvalue weighted by Gasteiger charge is -2.22. The molecule has 112 valence electrons. The van der Waals surface area contributed by atoms with Gasteiger partial charge < -0.3 is 8.92 Å². The fourth-order valence-corrected chi connectivity index (χ4v) is 1.99. The second-order valence-electron chi connectivity index (χ2n) is 5.62. The molecule has 0 spiro atoms. The van der Waals surface area contributed by atoms with Crippen molar-refractivity contribution < 1.29 is 22.1 Å². The molecule has 0 N–H and O–H groups in total. The quantitative estimate of drug-likeness (QED) is 0.631. The standard InChI is InChI=1S/C14H20O5S/c1-10(13(15)18-14(2,3)4)11-7-6-8-12(9-11)19-20(5,16)17/h6-10H,1-5H3. The van der Waals surface area contributed by atoms with Crippen LogP contribution in [0.15, 0.2) is 24.3 Å². The molecule has 0 amide bonds. The molecule has 6 heteroatoms. The molecule has 0 aliphatic rings. The molecule has 5 nitrogen and oxygen atoms in total. The van der Waals surface area contributed by atoms with E-state index in [4.69, 9.17) is 8.92 Å². The molecule has 0 saturated heterocycles. The van der Waals surface area contributed by atoms with E-state index in [-0.39, 0.29) is 11.7 Å². The topological polar surface area (TPSA) is 69.7 Å². The minimum atomic E-state index is -3.58. The van der Waals surface area contributed by atoms with Crippen LogP contribution in [0.2, 0.25) is 0 Å². The minimum Gasteiger partial charge on any atom is -0.460 e. The molecule has 1 unspecified atom stereocenters. The molecule has 0 radical (unpaired) electrons. The van der Waals surface area contributed by atoms with E-state index in [1.54, 1.807) is 39.8 Å². The van der Waals surface area contributed by atoms with E-state index in [0.717, 1.165) is 6.26 Å². The van der Waals surface area contributed by atoms with E-state index in [9.17, 15) is 13.2 Å². The molecule has 1 aromatic carbocycles. The third-order valence-corrected chi connectivity index (χ3v) is 2.86. The molecule has 0 aromatic heterocycles. The summed E-state index contributed by atoms with van der Waals surface area (Å²) in [7, 11) is -3.58. The van der Waals surface area contributed by atoms with Gasteiger partial charge in [0.05, 0.1) is 12.2 Å². The summed E-state index contributed by atoms with van der Waals surface area (Å²) >= 11 is 0. The van der Waals surface area contributed by atoms with Gasteiger partial charge in [0.2, 0.25) is 0 Å². The Hall–Kier alpha value is -1.56. The van der Waals surface area contributed by atoms with Crippen LogP contribution >= 0.6 is 0 Å². The monoisotopic (exact) mass is 300 g/mol. The Morgan fingerprint density at radius 2 is 1.85 bits per heavy atom. The Morgan fingerprint density at radius 1 is 1.25 bits per heavy atom. The van der Waals surface area contributed by atoms with Crippen molar-refractivity contribution in [1.29, 1.82) is 0 Å². The largest absolute Gasteiger partial charge is 0.460 e. The zero-order valence-corrected chi connectivity index (χ0v) is 13.2. The van der Waals surface area contributed by atoms with Gasteiger partial charge in [0.15, 0.2) is 0 Å². The van der Waals surface area contributed by atoms with Gasteiger partial charge in [-0.1, -0.05) is 12.1 Å². The SMILES string of the molecule is CC(C(=O)OC(C)(C)C)c1cccc(OS(C)(=O)=O)c1. The van der Waals surface area contributed by atoms with E-state index in [0.29, 0.717) is 5.56 Å². The van der Waals surface area contributed by atoms with Gasteiger partial charge in [-0.3, -0.25) is 4.79 Å². The minimum absolute atomic E-state index is 0.181. The fourth-order valence-electron chi connectivity index (χ4n) is 1.54. The summed E-state index contributed by atoms with van der Waals surface area (Å²) in [4.78, 5) is 12.0. The highest BCUT2D eigenvalue weighted by atomic mass is 32.2. The van der Waals surface area contributed by atoms with E-state index < -0.39 is 21.6 Å². The number of hydrogen-bond acceptors (Lipinski definition) is 5. The summed E-state index contributed by atoms with van der Waals surface area (Å²) in [6.07, 6.45) is 0.969. The Kier molecular flexibility index (Phi) is 4.81. The van der Waals surface area contributed by atoms with Crippen LogP contribution in [0.4, 0.5) is 0 Å². The highest BCUT2D eigenvalue weighted by Gasteiger charge is 2.23. The first-order valence-electron chi connectivity index (χ1n) is 6.20. The van der Waals surface area contributed by atoms with Crippen molar-refractivity contribution in [3.63, 3.8) is 0 Å². The molecule has 1 atom stereocenters. The number of carbonyl (C=O) groups is 1. The third-order valence-electron chi connectivity index (χ3n) is 2.37. The highest BCUT2D eigenvalue weighted by Crippen LogP contribution is 2.24. The summed E-state index contributed by atoms with van der Waals surface area (Å²) in [5, 5.41) is 0. The molecular formula is C14H20O5S. The average Bonchev–Trinajstić information content (AvgIpc) is 2.23. The van der Waals surface area contributed by atoms with Crippen LogP contribution in [0.25, 0.3) is 0 Å². The lowest BCUT2D eigenvalue weighted by atomic mass is 10.0. The van der Waals surface area contributed by atoms with Gasteiger partial charge >= 0.3 is 16.1 Å².